The molecule has 3 aliphatic carbocycles. The minimum Gasteiger partial charge on any atom is -0.787 e. The van der Waals surface area contributed by atoms with Crippen LogP contribution in [0.1, 0.15) is 34.6 Å². The van der Waals surface area contributed by atoms with Crippen LogP contribution < -0.4 is 0 Å². The van der Waals surface area contributed by atoms with Gasteiger partial charge in [0.15, 0.2) is 0 Å². The van der Waals surface area contributed by atoms with Crippen molar-refractivity contribution >= 4 is 33.2 Å². The van der Waals surface area contributed by atoms with Crippen LogP contribution in [0.15, 0.2) is 0 Å². The Bertz CT molecular complexity index is 273. The maximum atomic E-state index is 4.75. The van der Waals surface area contributed by atoms with Crippen molar-refractivity contribution in [2.24, 2.45) is 0 Å². The minimum absolute atomic E-state index is 0. The fourth-order valence-electron chi connectivity index (χ4n) is 2.12. The van der Waals surface area contributed by atoms with Crippen molar-refractivity contribution in [3.63, 3.8) is 0 Å². The van der Waals surface area contributed by atoms with Gasteiger partial charge in [-0.15, -0.1) is 7.92 Å². The SMILES string of the molecule is CP(C)C.C[C]1[C](C)[C](C)[C](C)[C]1C.[Fe].[Ir].[S-][C]1[CH][CH][CH][CH]1.[S-][C]1[CH][CH][CH][CH]1. The zero-order chi connectivity index (χ0) is 20.3. The summed E-state index contributed by atoms with van der Waals surface area (Å²) in [4.78, 5) is 0. The summed E-state index contributed by atoms with van der Waals surface area (Å²) in [6.07, 6.45) is 15.3. The van der Waals surface area contributed by atoms with Gasteiger partial charge in [-0.1, -0.05) is 60.3 Å². The van der Waals surface area contributed by atoms with Crippen molar-refractivity contribution in [3.05, 3.63) is 91.5 Å². The molecule has 0 saturated heterocycles. The number of rotatable bonds is 0. The fraction of sp³-hybridized carbons (Fsp3) is 0.348. The van der Waals surface area contributed by atoms with E-state index in [4.69, 9.17) is 25.3 Å². The van der Waals surface area contributed by atoms with Gasteiger partial charge in [-0.2, -0.15) is 10.5 Å². The van der Waals surface area contributed by atoms with E-state index in [-0.39, 0.29) is 37.2 Å². The Morgan fingerprint density at radius 3 is 0.750 bits per heavy atom. The average molecular weight is 652 g/mol. The van der Waals surface area contributed by atoms with E-state index in [0.29, 0.717) is 7.92 Å². The molecular weight excluding hydrogens is 619 g/mol. The van der Waals surface area contributed by atoms with Gasteiger partial charge in [0.25, 0.3) is 0 Å². The van der Waals surface area contributed by atoms with Crippen molar-refractivity contribution in [2.75, 3.05) is 20.0 Å². The van der Waals surface area contributed by atoms with Crippen molar-refractivity contribution in [1.82, 2.24) is 0 Å². The Morgan fingerprint density at radius 2 is 0.679 bits per heavy atom. The molecule has 160 valence electrons. The molecule has 0 aromatic rings. The van der Waals surface area contributed by atoms with E-state index in [2.05, 4.69) is 54.6 Å². The molecule has 0 aromatic heterocycles. The topological polar surface area (TPSA) is 0 Å². The second-order valence-electron chi connectivity index (χ2n) is 6.71. The van der Waals surface area contributed by atoms with E-state index >= 15 is 0 Å². The van der Waals surface area contributed by atoms with Gasteiger partial charge in [0.05, 0.1) is 0 Å². The van der Waals surface area contributed by atoms with Crippen LogP contribution >= 0.6 is 7.92 Å². The Morgan fingerprint density at radius 1 is 0.536 bits per heavy atom. The minimum atomic E-state index is 0. The van der Waals surface area contributed by atoms with Gasteiger partial charge in [0, 0.05) is 37.2 Å². The van der Waals surface area contributed by atoms with Crippen LogP contribution in [0.5, 0.6) is 0 Å². The molecule has 0 nitrogen and oxygen atoms in total. The number of hydrogen-bond donors (Lipinski definition) is 0. The molecule has 0 atom stereocenters. The van der Waals surface area contributed by atoms with Gasteiger partial charge in [0.1, 0.15) is 0 Å². The normalized spacial score (nSPS) is 22.4. The average Bonchev–Trinajstić information content (AvgIpc) is 3.28. The molecule has 5 heteroatoms. The van der Waals surface area contributed by atoms with Gasteiger partial charge in [-0.05, 0) is 75.3 Å². The summed E-state index contributed by atoms with van der Waals surface area (Å²) in [6, 6.07) is 0. The van der Waals surface area contributed by atoms with E-state index < -0.39 is 0 Å². The monoisotopic (exact) mass is 652 g/mol. The summed E-state index contributed by atoms with van der Waals surface area (Å²) in [5.74, 6) is 7.34. The van der Waals surface area contributed by atoms with E-state index in [1.807, 2.05) is 51.4 Å². The Kier molecular flexibility index (Phi) is 24.9. The molecule has 3 saturated carbocycles. The molecule has 0 spiro atoms. The molecule has 0 aliphatic heterocycles. The maximum absolute atomic E-state index is 4.75. The molecule has 3 rings (SSSR count). The Hall–Kier alpha value is 2.30. The van der Waals surface area contributed by atoms with Crippen LogP contribution in [0, 0.1) is 91.5 Å². The molecule has 0 heterocycles. The summed E-state index contributed by atoms with van der Waals surface area (Å²) in [6.45, 7) is 17.7. The third kappa shape index (κ3) is 16.0. The summed E-state index contributed by atoms with van der Waals surface area (Å²) in [5.41, 5.74) is 0. The van der Waals surface area contributed by atoms with Crippen LogP contribution in [0.4, 0.5) is 0 Å². The molecule has 3 aliphatic rings. The Balaban J connectivity index is -0.000000307. The molecule has 0 unspecified atom stereocenters. The van der Waals surface area contributed by atoms with Crippen molar-refractivity contribution in [2.45, 2.75) is 34.6 Å². The van der Waals surface area contributed by atoms with Gasteiger partial charge in [-0.25, -0.2) is 0 Å². The first-order valence-electron chi connectivity index (χ1n) is 8.65. The first-order valence-corrected chi connectivity index (χ1v) is 12.2. The van der Waals surface area contributed by atoms with E-state index in [1.54, 1.807) is 0 Å². The predicted molar refractivity (Wildman–Crippen MR) is 125 cm³/mol. The molecule has 0 amide bonds. The summed E-state index contributed by atoms with van der Waals surface area (Å²) < 4.78 is 0. The largest absolute Gasteiger partial charge is 0.787 e. The maximum Gasteiger partial charge on any atom is 0 e. The molecular formula is C23H32FeIrPS2-2. The molecule has 3 fully saturated rings. The van der Waals surface area contributed by atoms with Gasteiger partial charge in [-0.3, -0.25) is 0 Å². The first kappa shape index (κ1) is 34.9. The summed E-state index contributed by atoms with van der Waals surface area (Å²) in [7, 11) is 0.380. The van der Waals surface area contributed by atoms with E-state index in [1.165, 1.54) is 29.6 Å². The quantitative estimate of drug-likeness (QED) is 0.176. The molecule has 28 heavy (non-hydrogen) atoms. The van der Waals surface area contributed by atoms with Crippen LogP contribution in [0.2, 0.25) is 0 Å². The summed E-state index contributed by atoms with van der Waals surface area (Å²) >= 11 is 9.49. The fourth-order valence-corrected chi connectivity index (χ4v) is 2.43. The van der Waals surface area contributed by atoms with Crippen molar-refractivity contribution in [1.29, 1.82) is 0 Å². The zero-order valence-electron chi connectivity index (χ0n) is 18.1. The smallest absolute Gasteiger partial charge is 0 e. The molecule has 0 aromatic carbocycles. The third-order valence-electron chi connectivity index (χ3n) is 4.08. The third-order valence-corrected chi connectivity index (χ3v) is 4.62. The summed E-state index contributed by atoms with van der Waals surface area (Å²) in [5, 5.41) is 1.85. The van der Waals surface area contributed by atoms with Gasteiger partial charge < -0.3 is 25.3 Å². The molecule has 0 N–H and O–H groups in total. The predicted octanol–water partition coefficient (Wildman–Crippen LogP) is 6.12. The molecule has 0 bridgehead atoms. The van der Waals surface area contributed by atoms with Crippen molar-refractivity contribution < 1.29 is 37.2 Å². The standard InChI is InChI=1S/C10H15.2C5H4S.C3H9P.Fe.Ir/c1-6-7(2)9(4)10(5)8(6)3;2*6-5-3-1-2-4-5;1-4(2)3;;/h1-5H3;2*1-4H;1-3H3;;/q;2*-1;;;. The van der Waals surface area contributed by atoms with Crippen LogP contribution in [-0.2, 0) is 62.4 Å². The molecule has 16 radical (unpaired) electrons. The van der Waals surface area contributed by atoms with Gasteiger partial charge >= 0.3 is 0 Å². The van der Waals surface area contributed by atoms with Crippen LogP contribution in [0.25, 0.3) is 0 Å². The van der Waals surface area contributed by atoms with Crippen LogP contribution in [-0.4, -0.2) is 20.0 Å². The van der Waals surface area contributed by atoms with E-state index in [0.717, 1.165) is 10.5 Å². The zero-order valence-corrected chi connectivity index (χ0v) is 24.1. The van der Waals surface area contributed by atoms with Gasteiger partial charge in [0.2, 0.25) is 0 Å². The second kappa shape index (κ2) is 19.9. The van der Waals surface area contributed by atoms with Crippen molar-refractivity contribution in [3.8, 4) is 0 Å². The van der Waals surface area contributed by atoms with E-state index in [9.17, 15) is 0 Å². The number of hydrogen-bond acceptors (Lipinski definition) is 2. The van der Waals surface area contributed by atoms with Crippen LogP contribution in [0.3, 0.4) is 0 Å². The second-order valence-corrected chi connectivity index (χ2v) is 10.3. The Labute approximate surface area is 215 Å². The first-order chi connectivity index (χ1) is 12.1.